The van der Waals surface area contributed by atoms with Gasteiger partial charge in [-0.15, -0.1) is 0 Å². The topological polar surface area (TPSA) is 63.2 Å². The predicted octanol–water partition coefficient (Wildman–Crippen LogP) is 3.95. The first kappa shape index (κ1) is 18.8. The molecule has 10 heteroatoms. The Morgan fingerprint density at radius 2 is 1.60 bits per heavy atom. The SMILES string of the molecule is O=C(Nc1ccc(S(=O)(=O)C(F)F)cc1)c1cccc(C(F)(F)F)c1. The fraction of sp³-hybridized carbons (Fsp3) is 0.133. The van der Waals surface area contributed by atoms with E-state index in [1.807, 2.05) is 0 Å². The zero-order valence-electron chi connectivity index (χ0n) is 12.2. The third-order valence-electron chi connectivity index (χ3n) is 3.13. The number of hydrogen-bond acceptors (Lipinski definition) is 3. The lowest BCUT2D eigenvalue weighted by Crippen LogP contribution is -2.14. The van der Waals surface area contributed by atoms with Crippen LogP contribution in [0, 0.1) is 0 Å². The quantitative estimate of drug-likeness (QED) is 0.818. The molecule has 0 aliphatic carbocycles. The van der Waals surface area contributed by atoms with Gasteiger partial charge in [0.15, 0.2) is 0 Å². The molecule has 0 spiro atoms. The number of carbonyl (C=O) groups is 1. The largest absolute Gasteiger partial charge is 0.416 e. The second kappa shape index (κ2) is 6.79. The molecule has 0 heterocycles. The van der Waals surface area contributed by atoms with Gasteiger partial charge >= 0.3 is 11.9 Å². The van der Waals surface area contributed by atoms with Crippen LogP contribution in [0.2, 0.25) is 0 Å². The number of nitrogens with one attached hydrogen (secondary N) is 1. The van der Waals surface area contributed by atoms with Crippen molar-refractivity contribution in [3.63, 3.8) is 0 Å². The Labute approximate surface area is 139 Å². The van der Waals surface area contributed by atoms with E-state index in [4.69, 9.17) is 0 Å². The first-order valence-electron chi connectivity index (χ1n) is 6.62. The highest BCUT2D eigenvalue weighted by Crippen LogP contribution is 2.29. The molecule has 0 aliphatic heterocycles. The number of anilines is 1. The fourth-order valence-corrected chi connectivity index (χ4v) is 2.59. The van der Waals surface area contributed by atoms with E-state index >= 15 is 0 Å². The number of carbonyl (C=O) groups excluding carboxylic acids is 1. The minimum Gasteiger partial charge on any atom is -0.322 e. The van der Waals surface area contributed by atoms with E-state index in [-0.39, 0.29) is 11.3 Å². The zero-order valence-corrected chi connectivity index (χ0v) is 13.0. The molecule has 0 atom stereocenters. The van der Waals surface area contributed by atoms with Crippen LogP contribution in [0.1, 0.15) is 15.9 Å². The van der Waals surface area contributed by atoms with E-state index in [0.717, 1.165) is 36.4 Å². The highest BCUT2D eigenvalue weighted by atomic mass is 32.2. The monoisotopic (exact) mass is 379 g/mol. The van der Waals surface area contributed by atoms with Gasteiger partial charge in [-0.3, -0.25) is 4.79 Å². The van der Waals surface area contributed by atoms with E-state index in [1.165, 1.54) is 6.07 Å². The van der Waals surface area contributed by atoms with Gasteiger partial charge in [-0.2, -0.15) is 22.0 Å². The van der Waals surface area contributed by atoms with E-state index in [9.17, 15) is 35.2 Å². The van der Waals surface area contributed by atoms with Crippen LogP contribution < -0.4 is 5.32 Å². The number of amides is 1. The Kier molecular flexibility index (Phi) is 5.12. The molecule has 2 aromatic rings. The molecule has 134 valence electrons. The number of hydrogen-bond donors (Lipinski definition) is 1. The molecule has 25 heavy (non-hydrogen) atoms. The summed E-state index contributed by atoms with van der Waals surface area (Å²) in [7, 11) is -4.77. The normalized spacial score (nSPS) is 12.2. The average Bonchev–Trinajstić information content (AvgIpc) is 2.54. The van der Waals surface area contributed by atoms with Crippen LogP contribution in [0.25, 0.3) is 0 Å². The molecule has 4 nitrogen and oxygen atoms in total. The maximum absolute atomic E-state index is 12.6. The first-order chi connectivity index (χ1) is 11.5. The van der Waals surface area contributed by atoms with Crippen molar-refractivity contribution in [2.75, 3.05) is 5.32 Å². The summed E-state index contributed by atoms with van der Waals surface area (Å²) in [6.07, 6.45) is -4.61. The molecule has 2 aromatic carbocycles. The predicted molar refractivity (Wildman–Crippen MR) is 79.0 cm³/mol. The standard InChI is InChI=1S/C15H10F5NO3S/c16-14(17)25(23,24)12-6-4-11(5-7-12)21-13(22)9-2-1-3-10(8-9)15(18,19)20/h1-8,14H,(H,21,22). The highest BCUT2D eigenvalue weighted by Gasteiger charge is 2.31. The number of sulfone groups is 1. The smallest absolute Gasteiger partial charge is 0.322 e. The third kappa shape index (κ3) is 4.32. The van der Waals surface area contributed by atoms with E-state index in [0.29, 0.717) is 6.07 Å². The maximum atomic E-state index is 12.6. The Hall–Kier alpha value is -2.49. The molecular weight excluding hydrogens is 369 g/mol. The molecule has 1 amide bonds. The molecule has 0 fully saturated rings. The second-order valence-electron chi connectivity index (χ2n) is 4.86. The number of halogens is 5. The van der Waals surface area contributed by atoms with Crippen molar-refractivity contribution >= 4 is 21.4 Å². The van der Waals surface area contributed by atoms with Crippen LogP contribution in [0.3, 0.4) is 0 Å². The van der Waals surface area contributed by atoms with Gasteiger partial charge in [-0.1, -0.05) is 6.07 Å². The van der Waals surface area contributed by atoms with Crippen LogP contribution in [0.4, 0.5) is 27.6 Å². The number of alkyl halides is 5. The van der Waals surface area contributed by atoms with Gasteiger partial charge in [0.25, 0.3) is 5.91 Å². The molecule has 0 unspecified atom stereocenters. The summed E-state index contributed by atoms with van der Waals surface area (Å²) in [5.41, 5.74) is -1.23. The van der Waals surface area contributed by atoms with Crippen molar-refractivity contribution in [3.05, 3.63) is 59.7 Å². The van der Waals surface area contributed by atoms with Crippen molar-refractivity contribution < 1.29 is 35.2 Å². The average molecular weight is 379 g/mol. The van der Waals surface area contributed by atoms with Gasteiger partial charge in [0.05, 0.1) is 10.5 Å². The highest BCUT2D eigenvalue weighted by molar-refractivity contribution is 7.91. The fourth-order valence-electron chi connectivity index (χ4n) is 1.87. The van der Waals surface area contributed by atoms with Crippen molar-refractivity contribution in [1.29, 1.82) is 0 Å². The summed E-state index contributed by atoms with van der Waals surface area (Å²) in [4.78, 5) is 11.3. The summed E-state index contributed by atoms with van der Waals surface area (Å²) < 4.78 is 85.3. The summed E-state index contributed by atoms with van der Waals surface area (Å²) >= 11 is 0. The van der Waals surface area contributed by atoms with Crippen molar-refractivity contribution in [2.24, 2.45) is 0 Å². The lowest BCUT2D eigenvalue weighted by atomic mass is 10.1. The summed E-state index contributed by atoms with van der Waals surface area (Å²) in [5, 5.41) is 2.26. The van der Waals surface area contributed by atoms with Gasteiger partial charge in [0.1, 0.15) is 0 Å². The number of benzene rings is 2. The van der Waals surface area contributed by atoms with E-state index < -0.39 is 38.1 Å². The molecule has 0 radical (unpaired) electrons. The minimum atomic E-state index is -4.77. The van der Waals surface area contributed by atoms with E-state index in [2.05, 4.69) is 5.32 Å². The Balaban J connectivity index is 2.19. The minimum absolute atomic E-state index is 0.0376. The van der Waals surface area contributed by atoms with Crippen molar-refractivity contribution in [3.8, 4) is 0 Å². The van der Waals surface area contributed by atoms with Gasteiger partial charge in [0, 0.05) is 11.3 Å². The molecule has 0 saturated carbocycles. The molecule has 2 rings (SSSR count). The van der Waals surface area contributed by atoms with Gasteiger partial charge < -0.3 is 5.32 Å². The summed E-state index contributed by atoms with van der Waals surface area (Å²) in [6.45, 7) is 0. The zero-order chi connectivity index (χ0) is 18.8. The molecule has 0 saturated heterocycles. The summed E-state index contributed by atoms with van der Waals surface area (Å²) in [6, 6.07) is 7.54. The molecule has 0 bridgehead atoms. The molecule has 1 N–H and O–H groups in total. The first-order valence-corrected chi connectivity index (χ1v) is 8.17. The lowest BCUT2D eigenvalue weighted by Gasteiger charge is -2.10. The van der Waals surface area contributed by atoms with Crippen LogP contribution in [0.15, 0.2) is 53.4 Å². The van der Waals surface area contributed by atoms with Gasteiger partial charge in [-0.05, 0) is 42.5 Å². The maximum Gasteiger partial charge on any atom is 0.416 e. The molecular formula is C15H10F5NO3S. The third-order valence-corrected chi connectivity index (χ3v) is 4.53. The number of rotatable bonds is 4. The Morgan fingerprint density at radius 1 is 1.00 bits per heavy atom. The van der Waals surface area contributed by atoms with Crippen LogP contribution in [0.5, 0.6) is 0 Å². The second-order valence-corrected chi connectivity index (χ2v) is 6.78. The van der Waals surface area contributed by atoms with Crippen molar-refractivity contribution in [1.82, 2.24) is 0 Å². The molecule has 0 aromatic heterocycles. The Morgan fingerprint density at radius 3 is 2.12 bits per heavy atom. The lowest BCUT2D eigenvalue weighted by molar-refractivity contribution is -0.137. The Bertz CT molecular complexity index is 877. The van der Waals surface area contributed by atoms with E-state index in [1.54, 1.807) is 0 Å². The van der Waals surface area contributed by atoms with Gasteiger partial charge in [-0.25, -0.2) is 8.42 Å². The van der Waals surface area contributed by atoms with Crippen LogP contribution >= 0.6 is 0 Å². The van der Waals surface area contributed by atoms with Gasteiger partial charge in [0.2, 0.25) is 9.84 Å². The van der Waals surface area contributed by atoms with Crippen LogP contribution in [-0.2, 0) is 16.0 Å². The molecule has 0 aliphatic rings. The summed E-state index contributed by atoms with van der Waals surface area (Å²) in [5.74, 6) is -4.45. The van der Waals surface area contributed by atoms with Crippen molar-refractivity contribution in [2.45, 2.75) is 16.8 Å². The van der Waals surface area contributed by atoms with Crippen LogP contribution in [-0.4, -0.2) is 20.1 Å².